The van der Waals surface area contributed by atoms with Crippen LogP contribution < -0.4 is 15.2 Å². The summed E-state index contributed by atoms with van der Waals surface area (Å²) < 4.78 is 17.1. The van der Waals surface area contributed by atoms with Gasteiger partial charge in [-0.3, -0.25) is 0 Å². The lowest BCUT2D eigenvalue weighted by atomic mass is 10.1. The van der Waals surface area contributed by atoms with Gasteiger partial charge in [0.25, 0.3) is 0 Å². The third-order valence-electron chi connectivity index (χ3n) is 3.69. The van der Waals surface area contributed by atoms with Gasteiger partial charge < -0.3 is 19.9 Å². The summed E-state index contributed by atoms with van der Waals surface area (Å²) in [6, 6.07) is 5.80. The zero-order valence-corrected chi connectivity index (χ0v) is 12.8. The first-order valence-electron chi connectivity index (χ1n) is 7.15. The van der Waals surface area contributed by atoms with Crippen molar-refractivity contribution in [1.82, 2.24) is 0 Å². The third-order valence-corrected chi connectivity index (χ3v) is 3.69. The minimum Gasteiger partial charge on any atom is -0.493 e. The Morgan fingerprint density at radius 2 is 2.15 bits per heavy atom. The number of ether oxygens (including phenoxy) is 3. The van der Waals surface area contributed by atoms with Crippen LogP contribution >= 0.6 is 0 Å². The molecule has 1 aromatic carbocycles. The summed E-state index contributed by atoms with van der Waals surface area (Å²) in [6.07, 6.45) is 2.26. The summed E-state index contributed by atoms with van der Waals surface area (Å²) >= 11 is 0. The Balaban J connectivity index is 1.99. The van der Waals surface area contributed by atoms with Gasteiger partial charge in [0, 0.05) is 6.04 Å². The van der Waals surface area contributed by atoms with E-state index in [4.69, 9.17) is 19.9 Å². The highest BCUT2D eigenvalue weighted by Gasteiger charge is 2.32. The predicted molar refractivity (Wildman–Crippen MR) is 79.3 cm³/mol. The van der Waals surface area contributed by atoms with Gasteiger partial charge in [-0.05, 0) is 51.3 Å². The SMILES string of the molecule is COc1cc([C@@H](C)N)ccc1OCC1CCC(C)(C)O1. The van der Waals surface area contributed by atoms with Crippen molar-refractivity contribution in [1.29, 1.82) is 0 Å². The van der Waals surface area contributed by atoms with Crippen molar-refractivity contribution in [2.45, 2.75) is 51.4 Å². The van der Waals surface area contributed by atoms with Crippen LogP contribution in [0.3, 0.4) is 0 Å². The fraction of sp³-hybridized carbons (Fsp3) is 0.625. The molecule has 1 aromatic rings. The molecule has 2 rings (SSSR count). The Bertz CT molecular complexity index is 457. The van der Waals surface area contributed by atoms with Crippen LogP contribution in [0.15, 0.2) is 18.2 Å². The van der Waals surface area contributed by atoms with E-state index in [0.717, 1.165) is 29.9 Å². The zero-order chi connectivity index (χ0) is 14.8. The first kappa shape index (κ1) is 15.1. The molecular formula is C16H25NO3. The minimum absolute atomic E-state index is 0.0167. The summed E-state index contributed by atoms with van der Waals surface area (Å²) in [5.41, 5.74) is 6.88. The molecule has 112 valence electrons. The summed E-state index contributed by atoms with van der Waals surface area (Å²) in [7, 11) is 1.64. The molecule has 1 heterocycles. The number of hydrogen-bond acceptors (Lipinski definition) is 4. The maximum atomic E-state index is 5.92. The van der Waals surface area contributed by atoms with E-state index in [-0.39, 0.29) is 17.7 Å². The fourth-order valence-corrected chi connectivity index (χ4v) is 2.46. The van der Waals surface area contributed by atoms with Crippen molar-refractivity contribution in [3.05, 3.63) is 23.8 Å². The molecule has 1 saturated heterocycles. The summed E-state index contributed by atoms with van der Waals surface area (Å²) in [5, 5.41) is 0. The number of rotatable bonds is 5. The summed E-state index contributed by atoms with van der Waals surface area (Å²) in [5.74, 6) is 1.46. The molecule has 1 aliphatic rings. The van der Waals surface area contributed by atoms with E-state index in [9.17, 15) is 0 Å². The molecule has 1 unspecified atom stereocenters. The first-order valence-corrected chi connectivity index (χ1v) is 7.15. The standard InChI is InChI=1S/C16H25NO3/c1-11(17)12-5-6-14(15(9-12)18-4)19-10-13-7-8-16(2,3)20-13/h5-6,9,11,13H,7-8,10,17H2,1-4H3/t11-,13?/m1/s1. The maximum Gasteiger partial charge on any atom is 0.161 e. The molecule has 2 atom stereocenters. The highest BCUT2D eigenvalue weighted by Crippen LogP contribution is 2.32. The largest absolute Gasteiger partial charge is 0.493 e. The van der Waals surface area contributed by atoms with E-state index >= 15 is 0 Å². The molecule has 0 saturated carbocycles. The van der Waals surface area contributed by atoms with Gasteiger partial charge in [0.05, 0.1) is 18.8 Å². The lowest BCUT2D eigenvalue weighted by Gasteiger charge is -2.20. The lowest BCUT2D eigenvalue weighted by molar-refractivity contribution is -0.0329. The van der Waals surface area contributed by atoms with Crippen LogP contribution in [0, 0.1) is 0 Å². The normalized spacial score (nSPS) is 22.6. The number of benzene rings is 1. The van der Waals surface area contributed by atoms with Gasteiger partial charge >= 0.3 is 0 Å². The molecule has 20 heavy (non-hydrogen) atoms. The van der Waals surface area contributed by atoms with E-state index in [0.29, 0.717) is 6.61 Å². The molecule has 1 fully saturated rings. The lowest BCUT2D eigenvalue weighted by Crippen LogP contribution is -2.24. The Morgan fingerprint density at radius 1 is 1.40 bits per heavy atom. The Morgan fingerprint density at radius 3 is 2.70 bits per heavy atom. The molecule has 0 aliphatic carbocycles. The smallest absolute Gasteiger partial charge is 0.161 e. The average molecular weight is 279 g/mol. The monoisotopic (exact) mass is 279 g/mol. The quantitative estimate of drug-likeness (QED) is 0.900. The van der Waals surface area contributed by atoms with Crippen molar-refractivity contribution in [3.8, 4) is 11.5 Å². The topological polar surface area (TPSA) is 53.7 Å². The molecule has 2 N–H and O–H groups in total. The first-order chi connectivity index (χ1) is 9.41. The van der Waals surface area contributed by atoms with E-state index in [1.165, 1.54) is 0 Å². The Hall–Kier alpha value is -1.26. The molecule has 0 spiro atoms. The molecular weight excluding hydrogens is 254 g/mol. The molecule has 0 bridgehead atoms. The van der Waals surface area contributed by atoms with Crippen LogP contribution in [-0.2, 0) is 4.74 Å². The second kappa shape index (κ2) is 6.02. The molecule has 0 aromatic heterocycles. The van der Waals surface area contributed by atoms with Crippen LogP contribution in [0.2, 0.25) is 0 Å². The predicted octanol–water partition coefficient (Wildman–Crippen LogP) is 3.05. The number of nitrogens with two attached hydrogens (primary N) is 1. The second-order valence-corrected chi connectivity index (χ2v) is 6.05. The third kappa shape index (κ3) is 3.64. The van der Waals surface area contributed by atoms with Gasteiger partial charge in [-0.2, -0.15) is 0 Å². The maximum absolute atomic E-state index is 5.92. The highest BCUT2D eigenvalue weighted by molar-refractivity contribution is 5.43. The van der Waals surface area contributed by atoms with Gasteiger partial charge in [0.15, 0.2) is 11.5 Å². The average Bonchev–Trinajstić information content (AvgIpc) is 2.75. The summed E-state index contributed by atoms with van der Waals surface area (Å²) in [4.78, 5) is 0. The van der Waals surface area contributed by atoms with Gasteiger partial charge in [-0.1, -0.05) is 6.07 Å². The van der Waals surface area contributed by atoms with Crippen molar-refractivity contribution in [2.75, 3.05) is 13.7 Å². The second-order valence-electron chi connectivity index (χ2n) is 6.05. The number of hydrogen-bond donors (Lipinski definition) is 1. The van der Waals surface area contributed by atoms with Crippen LogP contribution in [0.1, 0.15) is 45.2 Å². The van der Waals surface area contributed by atoms with Gasteiger partial charge in [0.1, 0.15) is 6.61 Å². The minimum atomic E-state index is -0.0308. The van der Waals surface area contributed by atoms with Crippen LogP contribution in [0.4, 0.5) is 0 Å². The van der Waals surface area contributed by atoms with E-state index in [1.807, 2.05) is 25.1 Å². The summed E-state index contributed by atoms with van der Waals surface area (Å²) in [6.45, 7) is 6.73. The van der Waals surface area contributed by atoms with Gasteiger partial charge in [-0.15, -0.1) is 0 Å². The van der Waals surface area contributed by atoms with Crippen LogP contribution in [-0.4, -0.2) is 25.4 Å². The molecule has 4 heteroatoms. The molecule has 0 amide bonds. The highest BCUT2D eigenvalue weighted by atomic mass is 16.6. The van der Waals surface area contributed by atoms with Gasteiger partial charge in [-0.25, -0.2) is 0 Å². The van der Waals surface area contributed by atoms with Crippen molar-refractivity contribution in [2.24, 2.45) is 5.73 Å². The van der Waals surface area contributed by atoms with Gasteiger partial charge in [0.2, 0.25) is 0 Å². The molecule has 1 aliphatic heterocycles. The van der Waals surface area contributed by atoms with Crippen LogP contribution in [0.25, 0.3) is 0 Å². The number of methoxy groups -OCH3 is 1. The zero-order valence-electron chi connectivity index (χ0n) is 12.8. The van der Waals surface area contributed by atoms with Crippen molar-refractivity contribution in [3.63, 3.8) is 0 Å². The fourth-order valence-electron chi connectivity index (χ4n) is 2.46. The van der Waals surface area contributed by atoms with Crippen LogP contribution in [0.5, 0.6) is 11.5 Å². The van der Waals surface area contributed by atoms with Crippen molar-refractivity contribution < 1.29 is 14.2 Å². The Kier molecular flexibility index (Phi) is 4.55. The molecule has 0 radical (unpaired) electrons. The molecule has 4 nitrogen and oxygen atoms in total. The van der Waals surface area contributed by atoms with Crippen molar-refractivity contribution >= 4 is 0 Å². The van der Waals surface area contributed by atoms with E-state index in [1.54, 1.807) is 7.11 Å². The van der Waals surface area contributed by atoms with E-state index in [2.05, 4.69) is 13.8 Å². The van der Waals surface area contributed by atoms with E-state index < -0.39 is 0 Å². The Labute approximate surface area is 121 Å².